The zero-order valence-electron chi connectivity index (χ0n) is 13.1. The second kappa shape index (κ2) is 6.89. The van der Waals surface area contributed by atoms with Crippen LogP contribution in [-0.2, 0) is 11.3 Å². The van der Waals surface area contributed by atoms with Crippen molar-refractivity contribution in [1.29, 1.82) is 0 Å². The molecule has 1 unspecified atom stereocenters. The summed E-state index contributed by atoms with van der Waals surface area (Å²) in [6.07, 6.45) is 2.60. The third-order valence-electron chi connectivity index (χ3n) is 3.42. The van der Waals surface area contributed by atoms with E-state index in [0.29, 0.717) is 12.5 Å². The number of hydrogen-bond donors (Lipinski definition) is 1. The van der Waals surface area contributed by atoms with Crippen LogP contribution in [0.1, 0.15) is 32.9 Å². The minimum absolute atomic E-state index is 0.328. The summed E-state index contributed by atoms with van der Waals surface area (Å²) in [4.78, 5) is 18.4. The van der Waals surface area contributed by atoms with Gasteiger partial charge >= 0.3 is 6.09 Å². The number of hydrogen-bond acceptors (Lipinski definition) is 4. The molecule has 0 aliphatic carbocycles. The van der Waals surface area contributed by atoms with Crippen molar-refractivity contribution in [3.63, 3.8) is 0 Å². The van der Waals surface area contributed by atoms with E-state index in [4.69, 9.17) is 4.74 Å². The molecule has 0 aromatic carbocycles. The lowest BCUT2D eigenvalue weighted by molar-refractivity contribution is 0.0519. The number of carbonyl (C=O) groups excluding carboxylic acids is 1. The highest BCUT2D eigenvalue weighted by Crippen LogP contribution is 2.17. The van der Waals surface area contributed by atoms with Crippen molar-refractivity contribution in [3.05, 3.63) is 30.1 Å². The fourth-order valence-electron chi connectivity index (χ4n) is 2.49. The number of pyridine rings is 1. The van der Waals surface area contributed by atoms with Crippen molar-refractivity contribution in [2.24, 2.45) is 5.92 Å². The van der Waals surface area contributed by atoms with E-state index in [1.165, 1.54) is 0 Å². The van der Waals surface area contributed by atoms with Crippen LogP contribution in [-0.4, -0.2) is 41.2 Å². The molecule has 2 rings (SSSR count). The van der Waals surface area contributed by atoms with E-state index in [-0.39, 0.29) is 6.09 Å². The van der Waals surface area contributed by atoms with Crippen LogP contribution in [0.5, 0.6) is 0 Å². The molecule has 0 saturated carbocycles. The van der Waals surface area contributed by atoms with Crippen molar-refractivity contribution >= 4 is 6.09 Å². The Hall–Kier alpha value is -1.62. The molecule has 2 heterocycles. The molecule has 1 aliphatic rings. The molecule has 1 aliphatic heterocycles. The summed E-state index contributed by atoms with van der Waals surface area (Å²) >= 11 is 0. The molecule has 21 heavy (non-hydrogen) atoms. The van der Waals surface area contributed by atoms with Gasteiger partial charge in [-0.1, -0.05) is 6.07 Å². The van der Waals surface area contributed by atoms with E-state index < -0.39 is 5.60 Å². The molecule has 1 aromatic heterocycles. The Kier molecular flexibility index (Phi) is 5.17. The van der Waals surface area contributed by atoms with Crippen LogP contribution < -0.4 is 5.32 Å². The predicted molar refractivity (Wildman–Crippen MR) is 81.9 cm³/mol. The number of alkyl carbamates (subject to hydrolysis) is 1. The molecule has 1 atom stereocenters. The molecule has 0 bridgehead atoms. The van der Waals surface area contributed by atoms with Gasteiger partial charge in [-0.15, -0.1) is 0 Å². The van der Waals surface area contributed by atoms with Crippen molar-refractivity contribution in [1.82, 2.24) is 15.2 Å². The molecule has 5 heteroatoms. The summed E-state index contributed by atoms with van der Waals surface area (Å²) in [5.74, 6) is 0.487. The van der Waals surface area contributed by atoms with E-state index >= 15 is 0 Å². The second-order valence-corrected chi connectivity index (χ2v) is 6.59. The summed E-state index contributed by atoms with van der Waals surface area (Å²) < 4.78 is 5.25. The third kappa shape index (κ3) is 5.71. The van der Waals surface area contributed by atoms with Gasteiger partial charge in [0.05, 0.1) is 5.69 Å². The SMILES string of the molecule is CC(C)(C)OC(=O)NCC1CCN(Cc2ccccn2)C1. The minimum Gasteiger partial charge on any atom is -0.444 e. The molecule has 1 amide bonds. The molecule has 1 fully saturated rings. The van der Waals surface area contributed by atoms with Crippen LogP contribution in [0.25, 0.3) is 0 Å². The highest BCUT2D eigenvalue weighted by Gasteiger charge is 2.24. The van der Waals surface area contributed by atoms with Crippen LogP contribution in [0.4, 0.5) is 4.79 Å². The topological polar surface area (TPSA) is 54.5 Å². The van der Waals surface area contributed by atoms with Crippen LogP contribution in [0.15, 0.2) is 24.4 Å². The smallest absolute Gasteiger partial charge is 0.407 e. The fraction of sp³-hybridized carbons (Fsp3) is 0.625. The van der Waals surface area contributed by atoms with E-state index in [1.807, 2.05) is 45.2 Å². The maximum Gasteiger partial charge on any atom is 0.407 e. The maximum atomic E-state index is 11.6. The van der Waals surface area contributed by atoms with Gasteiger partial charge in [-0.2, -0.15) is 0 Å². The number of likely N-dealkylation sites (tertiary alicyclic amines) is 1. The molecule has 0 radical (unpaired) electrons. The first-order chi connectivity index (χ1) is 9.92. The van der Waals surface area contributed by atoms with Gasteiger partial charge in [0.15, 0.2) is 0 Å². The van der Waals surface area contributed by atoms with E-state index in [1.54, 1.807) is 0 Å². The van der Waals surface area contributed by atoms with Gasteiger partial charge in [-0.25, -0.2) is 4.79 Å². The fourth-order valence-corrected chi connectivity index (χ4v) is 2.49. The molecular formula is C16H25N3O2. The first-order valence-corrected chi connectivity index (χ1v) is 7.51. The number of carbonyl (C=O) groups is 1. The van der Waals surface area contributed by atoms with Gasteiger partial charge in [0.2, 0.25) is 0 Å². The van der Waals surface area contributed by atoms with Gasteiger partial charge in [0.25, 0.3) is 0 Å². The van der Waals surface area contributed by atoms with Crippen LogP contribution in [0.2, 0.25) is 0 Å². The molecule has 5 nitrogen and oxygen atoms in total. The van der Waals surface area contributed by atoms with Crippen molar-refractivity contribution in [3.8, 4) is 0 Å². The van der Waals surface area contributed by atoms with Crippen LogP contribution >= 0.6 is 0 Å². The summed E-state index contributed by atoms with van der Waals surface area (Å²) in [5, 5.41) is 2.86. The summed E-state index contributed by atoms with van der Waals surface area (Å²) in [7, 11) is 0. The van der Waals surface area contributed by atoms with Gasteiger partial charge in [-0.05, 0) is 51.8 Å². The summed E-state index contributed by atoms with van der Waals surface area (Å²) in [6, 6.07) is 5.99. The Morgan fingerprint density at radius 2 is 2.29 bits per heavy atom. The lowest BCUT2D eigenvalue weighted by Crippen LogP contribution is -2.36. The lowest BCUT2D eigenvalue weighted by Gasteiger charge is -2.21. The standard InChI is InChI=1S/C16H25N3O2/c1-16(2,3)21-15(20)18-10-13-7-9-19(11-13)12-14-6-4-5-8-17-14/h4-6,8,13H,7,9-12H2,1-3H3,(H,18,20). The Morgan fingerprint density at radius 3 is 2.95 bits per heavy atom. The zero-order chi connectivity index (χ0) is 15.3. The number of nitrogens with zero attached hydrogens (tertiary/aromatic N) is 2. The minimum atomic E-state index is -0.440. The van der Waals surface area contributed by atoms with Crippen molar-refractivity contribution in [2.45, 2.75) is 39.3 Å². The maximum absolute atomic E-state index is 11.6. The molecule has 1 aromatic rings. The van der Waals surface area contributed by atoms with E-state index in [2.05, 4.69) is 15.2 Å². The second-order valence-electron chi connectivity index (χ2n) is 6.59. The number of ether oxygens (including phenoxy) is 1. The summed E-state index contributed by atoms with van der Waals surface area (Å²) in [6.45, 7) is 9.21. The average molecular weight is 291 g/mol. The molecule has 116 valence electrons. The monoisotopic (exact) mass is 291 g/mol. The Labute approximate surface area is 126 Å². The van der Waals surface area contributed by atoms with Gasteiger partial charge < -0.3 is 10.1 Å². The molecule has 1 N–H and O–H groups in total. The van der Waals surface area contributed by atoms with Crippen LogP contribution in [0.3, 0.4) is 0 Å². The van der Waals surface area contributed by atoms with Gasteiger partial charge in [-0.3, -0.25) is 9.88 Å². The quantitative estimate of drug-likeness (QED) is 0.925. The van der Waals surface area contributed by atoms with Gasteiger partial charge in [0, 0.05) is 25.8 Å². The van der Waals surface area contributed by atoms with E-state index in [0.717, 1.165) is 31.7 Å². The third-order valence-corrected chi connectivity index (χ3v) is 3.42. The lowest BCUT2D eigenvalue weighted by atomic mass is 10.1. The molecule has 1 saturated heterocycles. The van der Waals surface area contributed by atoms with Crippen molar-refractivity contribution in [2.75, 3.05) is 19.6 Å². The first kappa shape index (κ1) is 15.8. The number of rotatable bonds is 4. The van der Waals surface area contributed by atoms with E-state index in [9.17, 15) is 4.79 Å². The Morgan fingerprint density at radius 1 is 1.48 bits per heavy atom. The Bertz CT molecular complexity index is 456. The molecular weight excluding hydrogens is 266 g/mol. The highest BCUT2D eigenvalue weighted by atomic mass is 16.6. The van der Waals surface area contributed by atoms with Crippen LogP contribution in [0, 0.1) is 5.92 Å². The molecule has 0 spiro atoms. The number of aromatic nitrogens is 1. The predicted octanol–water partition coefficient (Wildman–Crippen LogP) is 2.43. The highest BCUT2D eigenvalue weighted by molar-refractivity contribution is 5.67. The number of amides is 1. The first-order valence-electron chi connectivity index (χ1n) is 7.51. The largest absolute Gasteiger partial charge is 0.444 e. The zero-order valence-corrected chi connectivity index (χ0v) is 13.1. The summed E-state index contributed by atoms with van der Waals surface area (Å²) in [5.41, 5.74) is 0.656. The Balaban J connectivity index is 1.69. The number of nitrogens with one attached hydrogen (secondary N) is 1. The van der Waals surface area contributed by atoms with Gasteiger partial charge in [0.1, 0.15) is 5.60 Å². The normalized spacial score (nSPS) is 19.5. The van der Waals surface area contributed by atoms with Crippen molar-refractivity contribution < 1.29 is 9.53 Å². The average Bonchev–Trinajstić information content (AvgIpc) is 2.83.